The average Bonchev–Trinajstić information content (AvgIpc) is 3.04. The lowest BCUT2D eigenvalue weighted by atomic mass is 9.93. The summed E-state index contributed by atoms with van der Waals surface area (Å²) in [6.07, 6.45) is 1.57. The number of benzene rings is 1. The van der Waals surface area contributed by atoms with Crippen LogP contribution in [0.25, 0.3) is 33.3 Å². The van der Waals surface area contributed by atoms with Crippen molar-refractivity contribution in [1.29, 1.82) is 0 Å². The summed E-state index contributed by atoms with van der Waals surface area (Å²) in [5.74, 6) is -1.14. The van der Waals surface area contributed by atoms with Gasteiger partial charge in [-0.2, -0.15) is 0 Å². The van der Waals surface area contributed by atoms with Gasteiger partial charge in [-0.15, -0.1) is 0 Å². The van der Waals surface area contributed by atoms with E-state index in [1.807, 2.05) is 19.1 Å². The lowest BCUT2D eigenvalue weighted by Crippen LogP contribution is -2.32. The fourth-order valence-electron chi connectivity index (χ4n) is 3.49. The molecule has 0 fully saturated rings. The van der Waals surface area contributed by atoms with Crippen LogP contribution in [0.1, 0.15) is 51.7 Å². The third-order valence-corrected chi connectivity index (χ3v) is 4.78. The number of aromatic nitrogens is 2. The summed E-state index contributed by atoms with van der Waals surface area (Å²) in [7, 11) is 1.77. The predicted octanol–water partition coefficient (Wildman–Crippen LogP) is 5.52. The van der Waals surface area contributed by atoms with Gasteiger partial charge >= 0.3 is 0 Å². The second kappa shape index (κ2) is 5.94. The number of fused-ring (bicyclic) bond motifs is 3. The van der Waals surface area contributed by atoms with Crippen molar-refractivity contribution >= 4 is 22.1 Å². The van der Waals surface area contributed by atoms with E-state index in [0.29, 0.717) is 16.5 Å². The molecule has 3 aromatic heterocycles. The molecule has 0 aliphatic heterocycles. The Kier molecular flexibility index (Phi) is 2.39. The SMILES string of the molecule is [2H]C([2H])([2H])c1ccc2c(n1)oc1ccc(C)c(-c3cc(C([2H])(C)C)c(C([2H])([2H])[2H])c[n+]3C)c12. The molecule has 0 amide bonds. The first-order valence-electron chi connectivity index (χ1n) is 12.0. The highest BCUT2D eigenvalue weighted by atomic mass is 16.3. The highest BCUT2D eigenvalue weighted by Gasteiger charge is 2.23. The fourth-order valence-corrected chi connectivity index (χ4v) is 3.49. The number of hydrogen-bond acceptors (Lipinski definition) is 2. The Bertz CT molecular complexity index is 1390. The second-order valence-corrected chi connectivity index (χ2v) is 6.88. The Labute approximate surface area is 164 Å². The second-order valence-electron chi connectivity index (χ2n) is 6.88. The molecule has 4 aromatic rings. The van der Waals surface area contributed by atoms with Crippen LogP contribution >= 0.6 is 0 Å². The number of rotatable bonds is 2. The quantitative estimate of drug-likeness (QED) is 0.445. The average molecular weight is 353 g/mol. The molecule has 3 heteroatoms. The van der Waals surface area contributed by atoms with Crippen LogP contribution in [0, 0.1) is 20.6 Å². The maximum Gasteiger partial charge on any atom is 0.227 e. The van der Waals surface area contributed by atoms with Gasteiger partial charge in [0.05, 0.1) is 5.56 Å². The molecule has 132 valence electrons. The summed E-state index contributed by atoms with van der Waals surface area (Å²) < 4.78 is 63.0. The molecule has 0 spiro atoms. The lowest BCUT2D eigenvalue weighted by Gasteiger charge is -2.12. The molecule has 0 radical (unpaired) electrons. The highest BCUT2D eigenvalue weighted by Crippen LogP contribution is 2.38. The molecule has 4 rings (SSSR count). The van der Waals surface area contributed by atoms with E-state index in [1.165, 1.54) is 6.07 Å². The van der Waals surface area contributed by atoms with Crippen LogP contribution in [0.4, 0.5) is 0 Å². The smallest absolute Gasteiger partial charge is 0.227 e. The van der Waals surface area contributed by atoms with Crippen molar-refractivity contribution in [2.24, 2.45) is 7.05 Å². The Hall–Kier alpha value is -2.68. The van der Waals surface area contributed by atoms with Gasteiger partial charge < -0.3 is 4.42 Å². The maximum absolute atomic E-state index is 8.58. The zero-order chi connectivity index (χ0) is 24.5. The van der Waals surface area contributed by atoms with Crippen molar-refractivity contribution < 1.29 is 18.6 Å². The van der Waals surface area contributed by atoms with Gasteiger partial charge in [0.2, 0.25) is 11.4 Å². The molecule has 26 heavy (non-hydrogen) atoms. The van der Waals surface area contributed by atoms with Gasteiger partial charge in [0.1, 0.15) is 12.6 Å². The minimum Gasteiger partial charge on any atom is -0.438 e. The van der Waals surface area contributed by atoms with Gasteiger partial charge in [0, 0.05) is 37.7 Å². The molecule has 0 unspecified atom stereocenters. The summed E-state index contributed by atoms with van der Waals surface area (Å²) in [6.45, 7) is 0.576. The largest absolute Gasteiger partial charge is 0.438 e. The van der Waals surface area contributed by atoms with Crippen LogP contribution < -0.4 is 4.57 Å². The standard InChI is InChI=1S/C23H25N2O/c1-13(2)18-11-19(25(6)12-15(18)4)21-14(3)7-10-20-22(21)17-9-8-16(5)24-23(17)26-20/h7-13H,1-6H3/q+1/i4D3,5D3,13D. The van der Waals surface area contributed by atoms with Crippen LogP contribution in [-0.2, 0) is 7.05 Å². The number of nitrogens with zero attached hydrogens (tertiary/aromatic N) is 2. The van der Waals surface area contributed by atoms with Gasteiger partial charge in [-0.1, -0.05) is 19.9 Å². The van der Waals surface area contributed by atoms with E-state index in [9.17, 15) is 0 Å². The van der Waals surface area contributed by atoms with Crippen molar-refractivity contribution in [2.45, 2.75) is 40.4 Å². The Morgan fingerprint density at radius 2 is 2.00 bits per heavy atom. The molecular formula is C23H25N2O+. The monoisotopic (exact) mass is 352 g/mol. The van der Waals surface area contributed by atoms with E-state index >= 15 is 0 Å². The molecule has 0 saturated carbocycles. The lowest BCUT2D eigenvalue weighted by molar-refractivity contribution is -0.660. The van der Waals surface area contributed by atoms with Gasteiger partial charge in [0.15, 0.2) is 6.20 Å². The van der Waals surface area contributed by atoms with E-state index in [0.717, 1.165) is 22.2 Å². The van der Waals surface area contributed by atoms with Crippen molar-refractivity contribution in [3.05, 3.63) is 58.9 Å². The van der Waals surface area contributed by atoms with Crippen molar-refractivity contribution in [2.75, 3.05) is 0 Å². The number of aryl methyl sites for hydroxylation is 4. The third-order valence-electron chi connectivity index (χ3n) is 4.78. The Balaban J connectivity index is 2.09. The summed E-state index contributed by atoms with van der Waals surface area (Å²) in [4.78, 5) is 4.23. The molecule has 0 aliphatic carbocycles. The first kappa shape index (κ1) is 10.5. The normalized spacial score (nSPS) is 17.2. The Morgan fingerprint density at radius 3 is 2.73 bits per heavy atom. The molecule has 0 atom stereocenters. The van der Waals surface area contributed by atoms with Crippen LogP contribution in [0.5, 0.6) is 0 Å². The topological polar surface area (TPSA) is 29.9 Å². The third kappa shape index (κ3) is 2.50. The van der Waals surface area contributed by atoms with Crippen molar-refractivity contribution in [1.82, 2.24) is 4.98 Å². The van der Waals surface area contributed by atoms with Crippen molar-refractivity contribution in [3.63, 3.8) is 0 Å². The van der Waals surface area contributed by atoms with Crippen molar-refractivity contribution in [3.8, 4) is 11.3 Å². The Morgan fingerprint density at radius 1 is 1.15 bits per heavy atom. The molecule has 3 nitrogen and oxygen atoms in total. The summed E-state index contributed by atoms with van der Waals surface area (Å²) in [5.41, 5.74) is 3.76. The van der Waals surface area contributed by atoms with E-state index in [2.05, 4.69) is 4.98 Å². The molecule has 0 saturated heterocycles. The van der Waals surface area contributed by atoms with Gasteiger partial charge in [-0.3, -0.25) is 0 Å². The van der Waals surface area contributed by atoms with Crippen LogP contribution in [-0.4, -0.2) is 4.98 Å². The van der Waals surface area contributed by atoms with E-state index in [4.69, 9.17) is 14.0 Å². The van der Waals surface area contributed by atoms with E-state index < -0.39 is 19.6 Å². The van der Waals surface area contributed by atoms with E-state index in [1.54, 1.807) is 43.8 Å². The molecule has 3 heterocycles. The minimum atomic E-state index is -2.36. The number of hydrogen-bond donors (Lipinski definition) is 0. The predicted molar refractivity (Wildman–Crippen MR) is 106 cm³/mol. The first-order chi connectivity index (χ1) is 15.1. The first-order valence-corrected chi connectivity index (χ1v) is 8.47. The van der Waals surface area contributed by atoms with Gasteiger partial charge in [0.25, 0.3) is 0 Å². The molecule has 0 aliphatic rings. The highest BCUT2D eigenvalue weighted by molar-refractivity contribution is 6.11. The summed E-state index contributed by atoms with van der Waals surface area (Å²) in [6, 6.07) is 8.65. The zero-order valence-corrected chi connectivity index (χ0v) is 15.3. The molecular weight excluding hydrogens is 320 g/mol. The molecule has 1 aromatic carbocycles. The summed E-state index contributed by atoms with van der Waals surface area (Å²) >= 11 is 0. The van der Waals surface area contributed by atoms with Crippen LogP contribution in [0.2, 0.25) is 0 Å². The minimum absolute atomic E-state index is 0.0434. The number of furan rings is 1. The maximum atomic E-state index is 8.58. The fraction of sp³-hybridized carbons (Fsp3) is 0.304. The zero-order valence-electron chi connectivity index (χ0n) is 22.3. The van der Waals surface area contributed by atoms with Gasteiger partial charge in [-0.05, 0) is 55.8 Å². The van der Waals surface area contributed by atoms with Gasteiger partial charge in [-0.25, -0.2) is 9.55 Å². The number of pyridine rings is 2. The summed E-state index contributed by atoms with van der Waals surface area (Å²) in [5, 5.41) is 1.43. The molecule has 0 bridgehead atoms. The molecule has 0 N–H and O–H groups in total. The van der Waals surface area contributed by atoms with E-state index in [-0.39, 0.29) is 17.0 Å². The van der Waals surface area contributed by atoms with Crippen LogP contribution in [0.15, 0.2) is 40.9 Å². The van der Waals surface area contributed by atoms with Crippen LogP contribution in [0.3, 0.4) is 0 Å².